The van der Waals surface area contributed by atoms with E-state index in [2.05, 4.69) is 0 Å². The maximum absolute atomic E-state index is 13.0. The molecule has 1 unspecified atom stereocenters. The summed E-state index contributed by atoms with van der Waals surface area (Å²) in [5, 5.41) is 0. The van der Waals surface area contributed by atoms with Crippen LogP contribution in [-0.4, -0.2) is 8.13 Å². The minimum absolute atomic E-state index is 0.421. The summed E-state index contributed by atoms with van der Waals surface area (Å²) in [5.41, 5.74) is 0.483. The average molecular weight is 367 g/mol. The van der Waals surface area contributed by atoms with Gasteiger partial charge in [-0.05, 0) is 24.3 Å². The van der Waals surface area contributed by atoms with Crippen LogP contribution in [0, 0.1) is 0 Å². The van der Waals surface area contributed by atoms with Gasteiger partial charge < -0.3 is 0 Å². The molecular weight excluding hydrogens is 357 g/mol. The van der Waals surface area contributed by atoms with Crippen LogP contribution in [0.1, 0.15) is 0 Å². The minimum atomic E-state index is -3.14. The van der Waals surface area contributed by atoms with E-state index >= 15 is 0 Å². The zero-order chi connectivity index (χ0) is 14.8. The Labute approximate surface area is 138 Å². The van der Waals surface area contributed by atoms with Crippen LogP contribution in [0.3, 0.4) is 0 Å². The Morgan fingerprint density at radius 3 is 1.80 bits per heavy atom. The summed E-state index contributed by atoms with van der Waals surface area (Å²) in [6, 6.07) is 17.3. The summed E-state index contributed by atoms with van der Waals surface area (Å²) in [6.07, 6.45) is 0. The summed E-state index contributed by atoms with van der Waals surface area (Å²) in [7, 11) is -3.14. The summed E-state index contributed by atoms with van der Waals surface area (Å²) in [6.45, 7) is 0. The molecule has 2 nitrogen and oxygen atoms in total. The van der Waals surface area contributed by atoms with Gasteiger partial charge >= 0.3 is 0 Å². The molecule has 0 N–H and O–H groups in total. The maximum atomic E-state index is 13.0. The van der Waals surface area contributed by atoms with E-state index in [4.69, 9.17) is 46.0 Å². The molecule has 1 atom stereocenters. The fourth-order valence-electron chi connectivity index (χ4n) is 1.68. The first-order valence-corrected chi connectivity index (χ1v) is 9.13. The van der Waals surface area contributed by atoms with Crippen LogP contribution in [0.25, 0.3) is 0 Å². The topological polar surface area (TPSA) is 20.3 Å². The molecule has 0 aliphatic rings. The largest absolute Gasteiger partial charge is 0.279 e. The third-order valence-corrected chi connectivity index (χ3v) is 6.17. The predicted molar refractivity (Wildman–Crippen MR) is 89.4 cm³/mol. The van der Waals surface area contributed by atoms with Crippen molar-refractivity contribution in [2.75, 3.05) is 4.31 Å². The molecule has 0 saturated carbocycles. The molecule has 0 bridgehead atoms. The van der Waals surface area contributed by atoms with Gasteiger partial charge in [0.05, 0.1) is 10.6 Å². The first-order chi connectivity index (χ1) is 9.33. The molecule has 7 heteroatoms. The number of halogens is 3. The van der Waals surface area contributed by atoms with Gasteiger partial charge in [0.2, 0.25) is 0 Å². The Morgan fingerprint density at radius 2 is 1.35 bits per heavy atom. The van der Waals surface area contributed by atoms with Crippen LogP contribution in [-0.2, 0) is 19.9 Å². The molecule has 0 amide bonds. The molecule has 106 valence electrons. The van der Waals surface area contributed by atoms with Crippen molar-refractivity contribution in [3.05, 3.63) is 60.7 Å². The van der Waals surface area contributed by atoms with Crippen LogP contribution >= 0.6 is 34.8 Å². The van der Waals surface area contributed by atoms with Crippen molar-refractivity contribution in [2.45, 2.75) is 8.81 Å². The predicted octanol–water partition coefficient (Wildman–Crippen LogP) is 4.54. The number of rotatable bonds is 3. The van der Waals surface area contributed by atoms with Crippen LogP contribution in [0.15, 0.2) is 65.6 Å². The van der Waals surface area contributed by atoms with Crippen molar-refractivity contribution in [3.8, 4) is 0 Å². The van der Waals surface area contributed by atoms with E-state index in [9.17, 15) is 4.21 Å². The first kappa shape index (κ1) is 15.9. The van der Waals surface area contributed by atoms with Gasteiger partial charge in [0.1, 0.15) is 8.68 Å². The number of anilines is 1. The Balaban J connectivity index is 2.60. The third-order valence-electron chi connectivity index (χ3n) is 2.50. The lowest BCUT2D eigenvalue weighted by molar-refractivity contribution is 0.678. The number of nitrogens with zero attached hydrogens (tertiary/aromatic N) is 1. The molecular formula is C13H10Cl3NOS2. The Hall–Kier alpha value is -0.520. The lowest BCUT2D eigenvalue weighted by Crippen LogP contribution is -2.40. The highest BCUT2D eigenvalue weighted by atomic mass is 35.6. The lowest BCUT2D eigenvalue weighted by Gasteiger charge is -2.32. The lowest BCUT2D eigenvalue weighted by atomic mass is 10.3. The Bertz CT molecular complexity index is 670. The van der Waals surface area contributed by atoms with Crippen molar-refractivity contribution >= 4 is 60.4 Å². The van der Waals surface area contributed by atoms with Gasteiger partial charge in [-0.1, -0.05) is 71.2 Å². The zero-order valence-corrected chi connectivity index (χ0v) is 14.0. The Kier molecular flexibility index (Phi) is 4.82. The second kappa shape index (κ2) is 6.08. The van der Waals surface area contributed by atoms with Crippen LogP contribution in [0.2, 0.25) is 0 Å². The fourth-order valence-corrected chi connectivity index (χ4v) is 5.53. The van der Waals surface area contributed by atoms with E-state index < -0.39 is 12.6 Å². The fraction of sp³-hybridized carbons (Fsp3) is 0.0769. The summed E-state index contributed by atoms with van der Waals surface area (Å²) in [5.74, 6) is 0. The number of hydrogen-bond acceptors (Lipinski definition) is 2. The third kappa shape index (κ3) is 3.38. The molecule has 0 aromatic heterocycles. The monoisotopic (exact) mass is 365 g/mol. The molecule has 0 aliphatic carbocycles. The van der Waals surface area contributed by atoms with Gasteiger partial charge in [0.15, 0.2) is 0 Å². The smallest absolute Gasteiger partial charge is 0.240 e. The molecule has 0 fully saturated rings. The normalized spacial score (nSPS) is 14.6. The number of benzene rings is 2. The quantitative estimate of drug-likeness (QED) is 0.587. The molecule has 2 rings (SSSR count). The number of alkyl halides is 3. The summed E-state index contributed by atoms with van der Waals surface area (Å²) >= 11 is 23.2. The highest BCUT2D eigenvalue weighted by molar-refractivity contribution is 8.33. The van der Waals surface area contributed by atoms with Crippen LogP contribution in [0.5, 0.6) is 0 Å². The van der Waals surface area contributed by atoms with Gasteiger partial charge in [-0.3, -0.25) is 0 Å². The SMILES string of the molecule is O=S(=S)(c1ccccc1)N(c1ccccc1)C(Cl)(Cl)Cl. The van der Waals surface area contributed by atoms with Crippen molar-refractivity contribution in [1.82, 2.24) is 0 Å². The highest BCUT2D eigenvalue weighted by Crippen LogP contribution is 2.39. The van der Waals surface area contributed by atoms with Crippen molar-refractivity contribution in [1.29, 1.82) is 0 Å². The first-order valence-electron chi connectivity index (χ1n) is 5.56. The van der Waals surface area contributed by atoms with Crippen molar-refractivity contribution in [2.24, 2.45) is 0 Å². The van der Waals surface area contributed by atoms with E-state index in [1.54, 1.807) is 54.6 Å². The van der Waals surface area contributed by atoms with Crippen LogP contribution < -0.4 is 4.31 Å². The Morgan fingerprint density at radius 1 is 0.900 bits per heavy atom. The highest BCUT2D eigenvalue weighted by Gasteiger charge is 2.37. The van der Waals surface area contributed by atoms with Crippen molar-refractivity contribution in [3.63, 3.8) is 0 Å². The minimum Gasteiger partial charge on any atom is -0.240 e. The van der Waals surface area contributed by atoms with Gasteiger partial charge in [0.25, 0.3) is 3.92 Å². The van der Waals surface area contributed by atoms with E-state index in [-0.39, 0.29) is 0 Å². The number of para-hydroxylation sites is 1. The molecule has 0 heterocycles. The molecule has 0 aliphatic heterocycles. The molecule has 2 aromatic carbocycles. The standard InChI is InChI=1S/C13H10Cl3NOS2/c14-13(15,16)17(11-7-3-1-4-8-11)20(18,19)12-9-5-2-6-10-12/h1-10H. The van der Waals surface area contributed by atoms with Gasteiger partial charge in [0, 0.05) is 11.2 Å². The zero-order valence-electron chi connectivity index (χ0n) is 10.1. The molecule has 0 radical (unpaired) electrons. The van der Waals surface area contributed by atoms with Gasteiger partial charge in [-0.25, -0.2) is 8.51 Å². The second-order valence-corrected chi connectivity index (χ2v) is 9.25. The summed E-state index contributed by atoms with van der Waals surface area (Å²) < 4.78 is 12.2. The van der Waals surface area contributed by atoms with E-state index in [0.29, 0.717) is 10.6 Å². The van der Waals surface area contributed by atoms with E-state index in [1.165, 1.54) is 0 Å². The van der Waals surface area contributed by atoms with Gasteiger partial charge in [-0.2, -0.15) is 0 Å². The molecule has 20 heavy (non-hydrogen) atoms. The van der Waals surface area contributed by atoms with E-state index in [1.807, 2.05) is 6.07 Å². The summed E-state index contributed by atoms with van der Waals surface area (Å²) in [4.78, 5) is 0.421. The molecule has 2 aromatic rings. The van der Waals surface area contributed by atoms with Crippen LogP contribution in [0.4, 0.5) is 5.69 Å². The average Bonchev–Trinajstić information content (AvgIpc) is 2.39. The number of hydrogen-bond donors (Lipinski definition) is 0. The molecule has 0 spiro atoms. The molecule has 0 saturated heterocycles. The van der Waals surface area contributed by atoms with Gasteiger partial charge in [-0.15, -0.1) is 0 Å². The second-order valence-electron chi connectivity index (χ2n) is 3.89. The van der Waals surface area contributed by atoms with Crippen molar-refractivity contribution < 1.29 is 4.21 Å². The van der Waals surface area contributed by atoms with E-state index in [0.717, 1.165) is 4.31 Å². The maximum Gasteiger partial charge on any atom is 0.279 e.